The van der Waals surface area contributed by atoms with Crippen LogP contribution in [-0.4, -0.2) is 54.8 Å². The van der Waals surface area contributed by atoms with E-state index in [1.165, 1.54) is 11.3 Å². The monoisotopic (exact) mass is 465 g/mol. The fraction of sp³-hybridized carbons (Fsp3) is 0.375. The Morgan fingerprint density at radius 1 is 1.24 bits per heavy atom. The molecule has 0 bridgehead atoms. The lowest BCUT2D eigenvalue weighted by atomic mass is 10.1. The summed E-state index contributed by atoms with van der Waals surface area (Å²) in [5.41, 5.74) is 4.70. The molecule has 2 aromatic heterocycles. The number of carbonyl (C=O) groups excluding carboxylic acids is 2. The number of ether oxygens (including phenoxy) is 1. The summed E-state index contributed by atoms with van der Waals surface area (Å²) >= 11 is 1.45. The van der Waals surface area contributed by atoms with Gasteiger partial charge in [0.15, 0.2) is 0 Å². The number of likely N-dealkylation sites (tertiary alicyclic amines) is 1. The molecule has 172 valence electrons. The Morgan fingerprint density at radius 3 is 2.88 bits per heavy atom. The molecule has 9 heteroatoms. The van der Waals surface area contributed by atoms with Crippen molar-refractivity contribution in [1.82, 2.24) is 15.2 Å². The van der Waals surface area contributed by atoms with E-state index in [9.17, 15) is 9.59 Å². The van der Waals surface area contributed by atoms with Gasteiger partial charge in [-0.05, 0) is 62.1 Å². The van der Waals surface area contributed by atoms with Crippen molar-refractivity contribution in [3.05, 3.63) is 47.0 Å². The standard InChI is InChI=1S/C24H27N5O3S/c1-14-11-15-12-16(6-7-19(15)29(14)24(31)25-2)27-17-8-9-26-18-13-20(33-22(17)18)23(30)28-10-4-5-21(28)32-3/h6-9,12-14,21H,4-5,10-11H2,1-3H3,(H,25,31)(H,26,27). The molecule has 3 amide bonds. The molecular weight excluding hydrogens is 438 g/mol. The minimum absolute atomic E-state index is 0.00545. The summed E-state index contributed by atoms with van der Waals surface area (Å²) < 4.78 is 6.41. The average Bonchev–Trinajstić information content (AvgIpc) is 3.54. The number of methoxy groups -OCH3 is 1. The van der Waals surface area contributed by atoms with Crippen LogP contribution in [0.25, 0.3) is 10.2 Å². The Morgan fingerprint density at radius 2 is 2.09 bits per heavy atom. The van der Waals surface area contributed by atoms with Crippen molar-refractivity contribution in [3.8, 4) is 0 Å². The number of hydrogen-bond acceptors (Lipinski definition) is 6. The predicted octanol–water partition coefficient (Wildman–Crippen LogP) is 4.34. The third kappa shape index (κ3) is 3.81. The van der Waals surface area contributed by atoms with Crippen molar-refractivity contribution in [2.75, 3.05) is 30.9 Å². The van der Waals surface area contributed by atoms with E-state index in [0.29, 0.717) is 11.4 Å². The van der Waals surface area contributed by atoms with Gasteiger partial charge in [0.05, 0.1) is 20.8 Å². The Balaban J connectivity index is 1.42. The summed E-state index contributed by atoms with van der Waals surface area (Å²) in [4.78, 5) is 34.1. The minimum Gasteiger partial charge on any atom is -0.362 e. The molecule has 2 atom stereocenters. The number of hydrogen-bond donors (Lipinski definition) is 2. The molecule has 1 fully saturated rings. The van der Waals surface area contributed by atoms with Gasteiger partial charge in [-0.25, -0.2) is 4.79 Å². The number of anilines is 3. The summed E-state index contributed by atoms with van der Waals surface area (Å²) in [5.74, 6) is -0.00545. The molecule has 2 N–H and O–H groups in total. The maximum atomic E-state index is 13.1. The SMILES string of the molecule is CNC(=O)N1c2ccc(Nc3ccnc4cc(C(=O)N5CCCC5OC)sc34)cc2CC1C. The van der Waals surface area contributed by atoms with Crippen molar-refractivity contribution in [3.63, 3.8) is 0 Å². The molecule has 4 heterocycles. The van der Waals surface area contributed by atoms with Gasteiger partial charge in [0.1, 0.15) is 6.23 Å². The van der Waals surface area contributed by atoms with Crippen LogP contribution in [0.3, 0.4) is 0 Å². The molecule has 3 aromatic rings. The Bertz CT molecular complexity index is 1230. The average molecular weight is 466 g/mol. The van der Waals surface area contributed by atoms with Crippen molar-refractivity contribution in [2.45, 2.75) is 38.5 Å². The highest BCUT2D eigenvalue weighted by atomic mass is 32.1. The van der Waals surface area contributed by atoms with Crippen LogP contribution < -0.4 is 15.5 Å². The highest BCUT2D eigenvalue weighted by Crippen LogP contribution is 2.37. The largest absolute Gasteiger partial charge is 0.362 e. The molecule has 33 heavy (non-hydrogen) atoms. The normalized spacial score (nSPS) is 19.7. The molecular formula is C24H27N5O3S. The van der Waals surface area contributed by atoms with Crippen LogP contribution in [0.1, 0.15) is 35.0 Å². The minimum atomic E-state index is -0.156. The van der Waals surface area contributed by atoms with E-state index in [-0.39, 0.29) is 24.2 Å². The fourth-order valence-corrected chi connectivity index (χ4v) is 5.83. The smallest absolute Gasteiger partial charge is 0.321 e. The number of pyridine rings is 1. The van der Waals surface area contributed by atoms with Crippen molar-refractivity contribution in [2.24, 2.45) is 0 Å². The highest BCUT2D eigenvalue weighted by molar-refractivity contribution is 7.21. The number of amides is 3. The quantitative estimate of drug-likeness (QED) is 0.599. The Kier molecular flexibility index (Phi) is 5.67. The maximum Gasteiger partial charge on any atom is 0.321 e. The maximum absolute atomic E-state index is 13.1. The summed E-state index contributed by atoms with van der Waals surface area (Å²) in [6, 6.07) is 9.85. The molecule has 0 spiro atoms. The van der Waals surface area contributed by atoms with Crippen molar-refractivity contribution >= 4 is 50.6 Å². The first-order chi connectivity index (χ1) is 16.0. The highest BCUT2D eigenvalue weighted by Gasteiger charge is 2.31. The predicted molar refractivity (Wildman–Crippen MR) is 131 cm³/mol. The lowest BCUT2D eigenvalue weighted by Crippen LogP contribution is -2.41. The van der Waals surface area contributed by atoms with Crippen LogP contribution in [0.2, 0.25) is 0 Å². The van der Waals surface area contributed by atoms with Gasteiger partial charge in [-0.2, -0.15) is 0 Å². The third-order valence-electron chi connectivity index (χ3n) is 6.36. The van der Waals surface area contributed by atoms with Gasteiger partial charge < -0.3 is 20.3 Å². The van der Waals surface area contributed by atoms with Crippen molar-refractivity contribution < 1.29 is 14.3 Å². The molecule has 5 rings (SSSR count). The second kappa shape index (κ2) is 8.64. The summed E-state index contributed by atoms with van der Waals surface area (Å²) in [6.07, 6.45) is 4.22. The van der Waals surface area contributed by atoms with E-state index in [2.05, 4.69) is 21.7 Å². The zero-order chi connectivity index (χ0) is 23.1. The van der Waals surface area contributed by atoms with Crippen molar-refractivity contribution in [1.29, 1.82) is 0 Å². The van der Waals surface area contributed by atoms with Crippen LogP contribution in [0.5, 0.6) is 0 Å². The molecule has 2 aliphatic rings. The number of urea groups is 1. The second-order valence-corrected chi connectivity index (χ2v) is 9.51. The molecule has 0 saturated carbocycles. The van der Waals surface area contributed by atoms with Crippen LogP contribution >= 0.6 is 11.3 Å². The lowest BCUT2D eigenvalue weighted by Gasteiger charge is -2.22. The molecule has 1 saturated heterocycles. The summed E-state index contributed by atoms with van der Waals surface area (Å²) in [5, 5.41) is 6.21. The number of nitrogens with zero attached hydrogens (tertiary/aromatic N) is 3. The van der Waals surface area contributed by atoms with Crippen LogP contribution in [0.15, 0.2) is 36.5 Å². The van der Waals surface area contributed by atoms with E-state index >= 15 is 0 Å². The lowest BCUT2D eigenvalue weighted by molar-refractivity contribution is 0.00195. The molecule has 2 unspecified atom stereocenters. The van der Waals surface area contributed by atoms with Crippen LogP contribution in [0.4, 0.5) is 21.9 Å². The number of nitrogens with one attached hydrogen (secondary N) is 2. The van der Waals surface area contributed by atoms with Gasteiger partial charge >= 0.3 is 6.03 Å². The zero-order valence-corrected chi connectivity index (χ0v) is 19.7. The zero-order valence-electron chi connectivity index (χ0n) is 18.9. The van der Waals surface area contributed by atoms with Crippen LogP contribution in [-0.2, 0) is 11.2 Å². The third-order valence-corrected chi connectivity index (χ3v) is 7.51. The van der Waals surface area contributed by atoms with E-state index in [0.717, 1.165) is 52.1 Å². The first-order valence-electron chi connectivity index (χ1n) is 11.1. The van der Waals surface area contributed by atoms with Gasteiger partial charge in [-0.1, -0.05) is 0 Å². The fourth-order valence-electron chi connectivity index (χ4n) is 4.79. The van der Waals surface area contributed by atoms with Gasteiger partial charge in [-0.15, -0.1) is 11.3 Å². The van der Waals surface area contributed by atoms with E-state index < -0.39 is 0 Å². The first kappa shape index (κ1) is 21.7. The van der Waals surface area contributed by atoms with Gasteiger partial charge in [0.2, 0.25) is 0 Å². The van der Waals surface area contributed by atoms with Gasteiger partial charge in [-0.3, -0.25) is 14.7 Å². The number of carbonyl (C=O) groups is 2. The Hall–Kier alpha value is -3.17. The van der Waals surface area contributed by atoms with Crippen LogP contribution in [0, 0.1) is 0 Å². The Labute approximate surface area is 196 Å². The number of rotatable bonds is 4. The molecule has 0 radical (unpaired) electrons. The summed E-state index contributed by atoms with van der Waals surface area (Å²) in [6.45, 7) is 2.76. The topological polar surface area (TPSA) is 86.8 Å². The van der Waals surface area contributed by atoms with E-state index in [4.69, 9.17) is 4.74 Å². The van der Waals surface area contributed by atoms with Gasteiger partial charge in [0, 0.05) is 44.3 Å². The first-order valence-corrected chi connectivity index (χ1v) is 11.9. The number of thiophene rings is 1. The molecule has 1 aromatic carbocycles. The number of aromatic nitrogens is 1. The number of fused-ring (bicyclic) bond motifs is 2. The second-order valence-electron chi connectivity index (χ2n) is 8.46. The number of benzene rings is 1. The molecule has 2 aliphatic heterocycles. The molecule has 8 nitrogen and oxygen atoms in total. The van der Waals surface area contributed by atoms with E-state index in [1.807, 2.05) is 31.2 Å². The van der Waals surface area contributed by atoms with Gasteiger partial charge in [0.25, 0.3) is 5.91 Å². The molecule has 0 aliphatic carbocycles. The van der Waals surface area contributed by atoms with E-state index in [1.54, 1.807) is 30.2 Å². The summed E-state index contributed by atoms with van der Waals surface area (Å²) in [7, 11) is 3.30.